The summed E-state index contributed by atoms with van der Waals surface area (Å²) in [6, 6.07) is 141. The lowest BCUT2D eigenvalue weighted by Crippen LogP contribution is -1.94. The lowest BCUT2D eigenvalue weighted by atomic mass is 9.98. The SMILES string of the molecule is c1ccc(-c2ccc(-c3ccc4c5cc(-c6ccc(-n7c8ccccc8c8ccccc87)cc6)ccc5n(-c5ccccc5)c4c3)cc2)cc1.c1ccc(-c2cccc(-c3ccc4c5cc(-c6ccc(-n7c8ccccc8c8ccccc87)cc6)ccc5n(-c5ccccc5)c4c3)c2)cc1. The molecule has 4 heterocycles. The van der Waals surface area contributed by atoms with E-state index in [0.29, 0.717) is 0 Å². The van der Waals surface area contributed by atoms with Crippen LogP contribution in [0.25, 0.3) is 177 Å². The quantitative estimate of drug-likeness (QED) is 0.130. The van der Waals surface area contributed by atoms with Crippen LogP contribution in [0.15, 0.2) is 388 Å². The molecule has 0 atom stereocenters. The molecular weight excluding hydrogens is 1210 g/mol. The van der Waals surface area contributed by atoms with Crippen LogP contribution in [0.4, 0.5) is 0 Å². The van der Waals surface area contributed by atoms with Gasteiger partial charge in [-0.05, 0) is 182 Å². The Morgan fingerprint density at radius 3 is 0.730 bits per heavy atom. The summed E-state index contributed by atoms with van der Waals surface area (Å²) in [4.78, 5) is 0. The molecule has 0 aliphatic carbocycles. The van der Waals surface area contributed by atoms with E-state index >= 15 is 0 Å². The van der Waals surface area contributed by atoms with E-state index < -0.39 is 0 Å². The fourth-order valence-corrected chi connectivity index (χ4v) is 15.5. The fraction of sp³-hybridized carbons (Fsp3) is 0. The van der Waals surface area contributed by atoms with Crippen molar-refractivity contribution in [3.8, 4) is 89.5 Å². The summed E-state index contributed by atoms with van der Waals surface area (Å²) in [5.41, 5.74) is 28.9. The maximum Gasteiger partial charge on any atom is 0.0547 e. The summed E-state index contributed by atoms with van der Waals surface area (Å²) in [5, 5.41) is 10.1. The molecule has 0 radical (unpaired) electrons. The van der Waals surface area contributed by atoms with Crippen molar-refractivity contribution in [3.05, 3.63) is 388 Å². The second-order valence-electron chi connectivity index (χ2n) is 26.0. The van der Waals surface area contributed by atoms with Crippen molar-refractivity contribution in [1.29, 1.82) is 0 Å². The van der Waals surface area contributed by atoms with Crippen molar-refractivity contribution >= 4 is 87.2 Å². The van der Waals surface area contributed by atoms with Gasteiger partial charge in [-0.3, -0.25) is 0 Å². The van der Waals surface area contributed by atoms with Crippen LogP contribution in [0.3, 0.4) is 0 Å². The third kappa shape index (κ3) is 10.1. The van der Waals surface area contributed by atoms with E-state index in [9.17, 15) is 0 Å². The van der Waals surface area contributed by atoms with Crippen molar-refractivity contribution in [2.75, 3.05) is 0 Å². The van der Waals surface area contributed by atoms with Gasteiger partial charge in [0.25, 0.3) is 0 Å². The zero-order chi connectivity index (χ0) is 66.0. The van der Waals surface area contributed by atoms with E-state index in [4.69, 9.17) is 0 Å². The Labute approximate surface area is 579 Å². The number of nitrogens with zero attached hydrogens (tertiary/aromatic N) is 4. The largest absolute Gasteiger partial charge is 0.309 e. The predicted octanol–water partition coefficient (Wildman–Crippen LogP) is 25.8. The minimum absolute atomic E-state index is 1.16. The first kappa shape index (κ1) is 58.1. The highest BCUT2D eigenvalue weighted by Gasteiger charge is 2.20. The Morgan fingerprint density at radius 1 is 0.110 bits per heavy atom. The molecule has 0 fully saturated rings. The monoisotopic (exact) mass is 1270 g/mol. The lowest BCUT2D eigenvalue weighted by molar-refractivity contribution is 1.18. The van der Waals surface area contributed by atoms with Gasteiger partial charge in [-0.2, -0.15) is 0 Å². The molecule has 0 spiro atoms. The maximum atomic E-state index is 2.41. The Hall–Kier alpha value is -13.3. The summed E-state index contributed by atoms with van der Waals surface area (Å²) in [6.45, 7) is 0. The van der Waals surface area contributed by atoms with E-state index in [1.807, 2.05) is 0 Å². The summed E-state index contributed by atoms with van der Waals surface area (Å²) < 4.78 is 9.56. The van der Waals surface area contributed by atoms with Gasteiger partial charge in [-0.25, -0.2) is 0 Å². The van der Waals surface area contributed by atoms with Gasteiger partial charge in [0, 0.05) is 65.8 Å². The van der Waals surface area contributed by atoms with E-state index in [1.165, 1.54) is 154 Å². The number of hydrogen-bond donors (Lipinski definition) is 0. The molecule has 100 heavy (non-hydrogen) atoms. The molecule has 4 heteroatoms. The highest BCUT2D eigenvalue weighted by molar-refractivity contribution is 6.14. The zero-order valence-electron chi connectivity index (χ0n) is 54.7. The summed E-state index contributed by atoms with van der Waals surface area (Å²) in [6.07, 6.45) is 0. The molecule has 468 valence electrons. The van der Waals surface area contributed by atoms with Crippen LogP contribution in [-0.4, -0.2) is 18.3 Å². The molecule has 0 saturated heterocycles. The van der Waals surface area contributed by atoms with Crippen molar-refractivity contribution in [2.24, 2.45) is 0 Å². The zero-order valence-corrected chi connectivity index (χ0v) is 54.7. The van der Waals surface area contributed by atoms with Crippen molar-refractivity contribution in [3.63, 3.8) is 0 Å². The molecule has 4 nitrogen and oxygen atoms in total. The van der Waals surface area contributed by atoms with Crippen LogP contribution < -0.4 is 0 Å². The molecule has 20 aromatic rings. The third-order valence-electron chi connectivity index (χ3n) is 20.3. The predicted molar refractivity (Wildman–Crippen MR) is 423 cm³/mol. The molecule has 0 N–H and O–H groups in total. The molecule has 20 rings (SSSR count). The molecular formula is C96H64N4. The van der Waals surface area contributed by atoms with E-state index in [-0.39, 0.29) is 0 Å². The van der Waals surface area contributed by atoms with Crippen LogP contribution in [0, 0.1) is 0 Å². The number of benzene rings is 16. The van der Waals surface area contributed by atoms with Crippen molar-refractivity contribution < 1.29 is 0 Å². The van der Waals surface area contributed by atoms with Crippen molar-refractivity contribution in [2.45, 2.75) is 0 Å². The summed E-state index contributed by atoms with van der Waals surface area (Å²) in [5.74, 6) is 0. The van der Waals surface area contributed by atoms with Gasteiger partial charge in [0.15, 0.2) is 0 Å². The highest BCUT2D eigenvalue weighted by Crippen LogP contribution is 2.42. The van der Waals surface area contributed by atoms with Gasteiger partial charge in [-0.1, -0.05) is 273 Å². The summed E-state index contributed by atoms with van der Waals surface area (Å²) in [7, 11) is 0. The average Bonchev–Trinajstić information content (AvgIpc) is 1.57. The summed E-state index contributed by atoms with van der Waals surface area (Å²) >= 11 is 0. The molecule has 16 aromatic carbocycles. The van der Waals surface area contributed by atoms with Gasteiger partial charge in [0.05, 0.1) is 44.1 Å². The molecule has 0 unspecified atom stereocenters. The Balaban J connectivity index is 0.000000139. The minimum Gasteiger partial charge on any atom is -0.309 e. The molecule has 0 aliphatic rings. The minimum atomic E-state index is 1.16. The first-order valence-corrected chi connectivity index (χ1v) is 34.4. The van der Waals surface area contributed by atoms with E-state index in [1.54, 1.807) is 0 Å². The van der Waals surface area contributed by atoms with Crippen LogP contribution in [-0.2, 0) is 0 Å². The van der Waals surface area contributed by atoms with Gasteiger partial charge >= 0.3 is 0 Å². The lowest BCUT2D eigenvalue weighted by Gasteiger charge is -2.10. The topological polar surface area (TPSA) is 19.7 Å². The molecule has 0 aliphatic heterocycles. The number of fused-ring (bicyclic) bond motifs is 12. The Morgan fingerprint density at radius 2 is 0.330 bits per heavy atom. The number of hydrogen-bond acceptors (Lipinski definition) is 0. The van der Waals surface area contributed by atoms with Crippen LogP contribution in [0.1, 0.15) is 0 Å². The van der Waals surface area contributed by atoms with Gasteiger partial charge < -0.3 is 18.3 Å². The smallest absolute Gasteiger partial charge is 0.0547 e. The van der Waals surface area contributed by atoms with Crippen molar-refractivity contribution in [1.82, 2.24) is 18.3 Å². The molecule has 0 bridgehead atoms. The normalized spacial score (nSPS) is 11.6. The maximum absolute atomic E-state index is 2.41. The highest BCUT2D eigenvalue weighted by atomic mass is 15.0. The van der Waals surface area contributed by atoms with Crippen LogP contribution in [0.2, 0.25) is 0 Å². The average molecular weight is 1270 g/mol. The number of para-hydroxylation sites is 6. The second kappa shape index (κ2) is 24.4. The number of rotatable bonds is 10. The molecule has 4 aromatic heterocycles. The first-order valence-electron chi connectivity index (χ1n) is 34.4. The van der Waals surface area contributed by atoms with Gasteiger partial charge in [-0.15, -0.1) is 0 Å². The van der Waals surface area contributed by atoms with E-state index in [0.717, 1.165) is 22.7 Å². The standard InChI is InChI=1S/2C48H32N2/c1-3-12-33(13-4-1)35-14-11-15-36(30-35)38-24-28-43-44-31-37(25-29-47(44)50(48(43)32-38)39-16-5-2-6-17-39)34-22-26-40(27-23-34)49-45-20-9-7-18-41(45)42-19-8-10-21-46(42)49;1-3-11-33(12-4-1)34-19-21-35(22-20-34)38-25-29-43-44-31-37(26-30-47(44)50(48(43)32-38)39-13-5-2-6-14-39)36-23-27-40(28-24-36)49-45-17-9-7-15-41(45)42-16-8-10-18-46(42)49/h2*1-32H. The van der Waals surface area contributed by atoms with E-state index in [2.05, 4.69) is 407 Å². The Kier molecular flexibility index (Phi) is 14.2. The first-order chi connectivity index (χ1) is 49.6. The van der Waals surface area contributed by atoms with Crippen LogP contribution >= 0.6 is 0 Å². The fourth-order valence-electron chi connectivity index (χ4n) is 15.5. The second-order valence-corrected chi connectivity index (χ2v) is 26.0. The van der Waals surface area contributed by atoms with Crippen LogP contribution in [0.5, 0.6) is 0 Å². The van der Waals surface area contributed by atoms with Gasteiger partial charge in [0.2, 0.25) is 0 Å². The Bertz CT molecular complexity index is 6350. The third-order valence-corrected chi connectivity index (χ3v) is 20.3. The van der Waals surface area contributed by atoms with Gasteiger partial charge in [0.1, 0.15) is 0 Å². The molecule has 0 saturated carbocycles. The number of aromatic nitrogens is 4. The molecule has 0 amide bonds.